The lowest BCUT2D eigenvalue weighted by atomic mass is 9.96. The number of aliphatic hydroxyl groups is 1. The number of benzene rings is 2. The molecular weight excluding hydrogens is 386 g/mol. The van der Waals surface area contributed by atoms with Crippen LogP contribution in [0.1, 0.15) is 45.3 Å². The van der Waals surface area contributed by atoms with Crippen LogP contribution in [0.5, 0.6) is 11.5 Å². The lowest BCUT2D eigenvalue weighted by molar-refractivity contribution is 0.0716. The maximum Gasteiger partial charge on any atom is 0.290 e. The van der Waals surface area contributed by atoms with Crippen molar-refractivity contribution in [1.29, 1.82) is 0 Å². The van der Waals surface area contributed by atoms with Crippen LogP contribution in [0, 0.1) is 13.8 Å². The average molecular weight is 409 g/mol. The van der Waals surface area contributed by atoms with E-state index < -0.39 is 11.9 Å². The number of hydrogen-bond acceptors (Lipinski definition) is 6. The topological polar surface area (TPSA) is 100 Å². The number of aromatic hydroxyl groups is 1. The number of amides is 1. The molecule has 0 fully saturated rings. The van der Waals surface area contributed by atoms with Crippen molar-refractivity contribution >= 4 is 16.9 Å². The summed E-state index contributed by atoms with van der Waals surface area (Å²) < 4.78 is 11.2. The molecule has 0 saturated carbocycles. The predicted octanol–water partition coefficient (Wildman–Crippen LogP) is 3.05. The number of carbonyl (C=O) groups is 1. The Morgan fingerprint density at radius 1 is 1.17 bits per heavy atom. The summed E-state index contributed by atoms with van der Waals surface area (Å²) in [6.07, 6.45) is 0.358. The van der Waals surface area contributed by atoms with Gasteiger partial charge in [-0.25, -0.2) is 0 Å². The molecule has 0 bridgehead atoms. The van der Waals surface area contributed by atoms with Crippen LogP contribution < -0.4 is 10.2 Å². The van der Waals surface area contributed by atoms with Crippen molar-refractivity contribution < 1.29 is 24.2 Å². The van der Waals surface area contributed by atoms with Crippen molar-refractivity contribution in [2.24, 2.45) is 0 Å². The minimum Gasteiger partial charge on any atom is -0.504 e. The summed E-state index contributed by atoms with van der Waals surface area (Å²) >= 11 is 0. The highest BCUT2D eigenvalue weighted by Crippen LogP contribution is 2.41. The number of phenolic OH excluding ortho intramolecular Hbond substituents is 1. The number of fused-ring (bicyclic) bond motifs is 2. The Hall–Kier alpha value is -3.32. The van der Waals surface area contributed by atoms with Gasteiger partial charge in [0.2, 0.25) is 5.76 Å². The van der Waals surface area contributed by atoms with Gasteiger partial charge >= 0.3 is 0 Å². The van der Waals surface area contributed by atoms with Crippen LogP contribution in [0.25, 0.3) is 11.0 Å². The van der Waals surface area contributed by atoms with Crippen LogP contribution in [0.2, 0.25) is 0 Å². The average Bonchev–Trinajstić information content (AvgIpc) is 2.98. The van der Waals surface area contributed by atoms with Gasteiger partial charge in [0, 0.05) is 13.2 Å². The summed E-state index contributed by atoms with van der Waals surface area (Å²) in [7, 11) is 1.43. The lowest BCUT2D eigenvalue weighted by Gasteiger charge is -2.25. The first-order chi connectivity index (χ1) is 14.4. The molecule has 156 valence electrons. The van der Waals surface area contributed by atoms with Gasteiger partial charge in [0.1, 0.15) is 5.58 Å². The number of phenols is 1. The normalized spacial score (nSPS) is 15.7. The molecule has 3 aromatic rings. The highest BCUT2D eigenvalue weighted by molar-refractivity contribution is 5.99. The molecule has 2 heterocycles. The van der Waals surface area contributed by atoms with E-state index in [1.54, 1.807) is 18.2 Å². The van der Waals surface area contributed by atoms with E-state index in [4.69, 9.17) is 9.15 Å². The summed E-state index contributed by atoms with van der Waals surface area (Å²) in [4.78, 5) is 28.3. The van der Waals surface area contributed by atoms with Crippen LogP contribution in [0.3, 0.4) is 0 Å². The van der Waals surface area contributed by atoms with Crippen LogP contribution in [-0.4, -0.2) is 41.3 Å². The molecule has 1 unspecified atom stereocenters. The fourth-order valence-electron chi connectivity index (χ4n) is 4.20. The largest absolute Gasteiger partial charge is 0.504 e. The number of ether oxygens (including phenoxy) is 1. The van der Waals surface area contributed by atoms with E-state index in [0.29, 0.717) is 23.0 Å². The minimum atomic E-state index is -0.699. The third-order valence-electron chi connectivity index (χ3n) is 5.49. The third-order valence-corrected chi connectivity index (χ3v) is 5.49. The van der Waals surface area contributed by atoms with E-state index in [0.717, 1.165) is 11.1 Å². The van der Waals surface area contributed by atoms with Crippen molar-refractivity contribution in [3.8, 4) is 11.5 Å². The van der Waals surface area contributed by atoms with Crippen LogP contribution in [-0.2, 0) is 0 Å². The van der Waals surface area contributed by atoms with E-state index in [1.165, 1.54) is 18.1 Å². The number of aryl methyl sites for hydroxylation is 2. The monoisotopic (exact) mass is 409 g/mol. The highest BCUT2D eigenvalue weighted by atomic mass is 16.5. The van der Waals surface area contributed by atoms with Gasteiger partial charge in [-0.1, -0.05) is 12.1 Å². The van der Waals surface area contributed by atoms with Crippen LogP contribution in [0.4, 0.5) is 0 Å². The number of nitrogens with zero attached hydrogens (tertiary/aromatic N) is 1. The molecule has 7 heteroatoms. The van der Waals surface area contributed by atoms with Gasteiger partial charge in [0.25, 0.3) is 5.91 Å². The van der Waals surface area contributed by atoms with Gasteiger partial charge in [0.15, 0.2) is 16.9 Å². The second-order valence-electron chi connectivity index (χ2n) is 7.54. The molecule has 0 spiro atoms. The number of hydrogen-bond donors (Lipinski definition) is 2. The third kappa shape index (κ3) is 3.02. The number of aliphatic hydroxyl groups excluding tert-OH is 1. The van der Waals surface area contributed by atoms with Gasteiger partial charge in [-0.05, 0) is 55.2 Å². The Morgan fingerprint density at radius 3 is 2.63 bits per heavy atom. The molecule has 30 heavy (non-hydrogen) atoms. The summed E-state index contributed by atoms with van der Waals surface area (Å²) in [6, 6.07) is 7.70. The summed E-state index contributed by atoms with van der Waals surface area (Å²) in [6.45, 7) is 3.91. The Morgan fingerprint density at radius 2 is 1.93 bits per heavy atom. The quantitative estimate of drug-likeness (QED) is 0.672. The van der Waals surface area contributed by atoms with E-state index in [-0.39, 0.29) is 41.4 Å². The SMILES string of the molecule is COc1cc(C2c3c(oc4cc(C)cc(C)c4c3=O)C(=O)N2CCCO)ccc1O. The van der Waals surface area contributed by atoms with Crippen LogP contribution in [0.15, 0.2) is 39.5 Å². The molecule has 1 amide bonds. The number of carbonyl (C=O) groups excluding carboxylic acids is 1. The zero-order chi connectivity index (χ0) is 21.6. The van der Waals surface area contributed by atoms with Crippen molar-refractivity contribution in [2.45, 2.75) is 26.3 Å². The first-order valence-electron chi connectivity index (χ1n) is 9.74. The Labute approximate surface area is 173 Å². The zero-order valence-electron chi connectivity index (χ0n) is 17.1. The van der Waals surface area contributed by atoms with Gasteiger partial charge in [-0.15, -0.1) is 0 Å². The molecule has 1 atom stereocenters. The summed E-state index contributed by atoms with van der Waals surface area (Å²) in [5.41, 5.74) is 2.74. The molecule has 0 aliphatic carbocycles. The first-order valence-corrected chi connectivity index (χ1v) is 9.74. The summed E-state index contributed by atoms with van der Waals surface area (Å²) in [5.74, 6) is -0.168. The molecule has 0 radical (unpaired) electrons. The van der Waals surface area contributed by atoms with Crippen molar-refractivity contribution in [1.82, 2.24) is 4.90 Å². The van der Waals surface area contributed by atoms with Crippen molar-refractivity contribution in [3.05, 3.63) is 68.6 Å². The zero-order valence-corrected chi connectivity index (χ0v) is 17.1. The molecule has 2 aromatic carbocycles. The molecule has 0 saturated heterocycles. The van der Waals surface area contributed by atoms with E-state index in [9.17, 15) is 19.8 Å². The maximum absolute atomic E-state index is 13.6. The molecule has 7 nitrogen and oxygen atoms in total. The van der Waals surface area contributed by atoms with Crippen molar-refractivity contribution in [3.63, 3.8) is 0 Å². The fraction of sp³-hybridized carbons (Fsp3) is 0.304. The Kier molecular flexibility index (Phi) is 4.99. The standard InChI is InChI=1S/C23H23NO6/c1-12-9-13(2)18-17(10-12)30-22-19(21(18)27)20(24(23(22)28)7-4-8-25)14-5-6-15(26)16(11-14)29-3/h5-6,9-11,20,25-26H,4,7-8H2,1-3H3. The Bertz CT molecular complexity index is 1210. The second kappa shape index (κ2) is 7.50. The van der Waals surface area contributed by atoms with Gasteiger partial charge in [0.05, 0.1) is 24.1 Å². The Balaban J connectivity index is 2.00. The van der Waals surface area contributed by atoms with Crippen molar-refractivity contribution in [2.75, 3.05) is 20.3 Å². The highest BCUT2D eigenvalue weighted by Gasteiger charge is 2.42. The predicted molar refractivity (Wildman–Crippen MR) is 111 cm³/mol. The maximum atomic E-state index is 13.6. The second-order valence-corrected chi connectivity index (χ2v) is 7.54. The van der Waals surface area contributed by atoms with E-state index in [2.05, 4.69) is 0 Å². The summed E-state index contributed by atoms with van der Waals surface area (Å²) in [5, 5.41) is 19.7. The molecule has 1 aliphatic heterocycles. The smallest absolute Gasteiger partial charge is 0.290 e. The number of methoxy groups -OCH3 is 1. The van der Waals surface area contributed by atoms with E-state index in [1.807, 2.05) is 19.9 Å². The molecule has 2 N–H and O–H groups in total. The van der Waals surface area contributed by atoms with E-state index >= 15 is 0 Å². The molecular formula is C23H23NO6. The first kappa shape index (κ1) is 20.0. The van der Waals surface area contributed by atoms with Gasteiger partial charge in [-0.3, -0.25) is 9.59 Å². The van der Waals surface area contributed by atoms with Gasteiger partial charge in [-0.2, -0.15) is 0 Å². The minimum absolute atomic E-state index is 0.0208. The molecule has 1 aliphatic rings. The van der Waals surface area contributed by atoms with Crippen LogP contribution >= 0.6 is 0 Å². The lowest BCUT2D eigenvalue weighted by Crippen LogP contribution is -2.31. The molecule has 4 rings (SSSR count). The fourth-order valence-corrected chi connectivity index (χ4v) is 4.20. The molecule has 1 aromatic heterocycles. The van der Waals surface area contributed by atoms with Gasteiger partial charge < -0.3 is 24.3 Å². The number of rotatable bonds is 5.